The van der Waals surface area contributed by atoms with E-state index in [0.29, 0.717) is 32.6 Å². The van der Waals surface area contributed by atoms with Crippen LogP contribution in [0.25, 0.3) is 0 Å². The lowest BCUT2D eigenvalue weighted by atomic mass is 9.70. The average molecular weight is 568 g/mol. The van der Waals surface area contributed by atoms with Crippen LogP contribution in [0.5, 0.6) is 0 Å². The van der Waals surface area contributed by atoms with Gasteiger partial charge >= 0.3 is 0 Å². The van der Waals surface area contributed by atoms with Crippen LogP contribution in [0.4, 0.5) is 0 Å². The highest BCUT2D eigenvalue weighted by Gasteiger charge is 2.74. The fraction of sp³-hybridized carbons (Fsp3) is 0.594. The van der Waals surface area contributed by atoms with E-state index in [1.807, 2.05) is 56.0 Å². The maximum absolute atomic E-state index is 14.6. The summed E-state index contributed by atoms with van der Waals surface area (Å²) in [7, 11) is 0. The van der Waals surface area contributed by atoms with Crippen molar-refractivity contribution < 1.29 is 19.5 Å². The Morgan fingerprint density at radius 1 is 1.15 bits per heavy atom. The van der Waals surface area contributed by atoms with Gasteiger partial charge < -0.3 is 19.8 Å². The van der Waals surface area contributed by atoms with Gasteiger partial charge in [0.1, 0.15) is 6.04 Å². The van der Waals surface area contributed by atoms with E-state index in [1.54, 1.807) is 33.7 Å². The first kappa shape index (κ1) is 30.4. The Bertz CT molecular complexity index is 1100. The van der Waals surface area contributed by atoms with Gasteiger partial charge in [0.15, 0.2) is 0 Å². The number of carbonyl (C=O) groups is 3. The van der Waals surface area contributed by atoms with E-state index >= 15 is 0 Å². The third-order valence-electron chi connectivity index (χ3n) is 9.13. The molecule has 218 valence electrons. The van der Waals surface area contributed by atoms with Crippen LogP contribution in [-0.4, -0.2) is 85.8 Å². The quantitative estimate of drug-likeness (QED) is 0.342. The Morgan fingerprint density at radius 3 is 2.42 bits per heavy atom. The first-order chi connectivity index (χ1) is 19.3. The summed E-state index contributed by atoms with van der Waals surface area (Å²) >= 11 is 1.68. The molecule has 4 rings (SSSR count). The zero-order chi connectivity index (χ0) is 29.0. The summed E-state index contributed by atoms with van der Waals surface area (Å²) in [5, 5.41) is 10.6. The first-order valence-corrected chi connectivity index (χ1v) is 15.6. The first-order valence-electron chi connectivity index (χ1n) is 14.7. The molecule has 1 N–H and O–H groups in total. The number of aliphatic hydroxyl groups excluding tert-OH is 1. The fourth-order valence-corrected chi connectivity index (χ4v) is 9.31. The third-order valence-corrected chi connectivity index (χ3v) is 11.1. The Morgan fingerprint density at radius 2 is 1.82 bits per heavy atom. The summed E-state index contributed by atoms with van der Waals surface area (Å²) in [5.74, 6) is -1.35. The van der Waals surface area contributed by atoms with Crippen molar-refractivity contribution in [3.05, 3.63) is 61.2 Å². The summed E-state index contributed by atoms with van der Waals surface area (Å²) in [4.78, 5) is 48.5. The summed E-state index contributed by atoms with van der Waals surface area (Å²) in [6.07, 6.45) is 6.53. The van der Waals surface area contributed by atoms with Crippen molar-refractivity contribution in [2.75, 3.05) is 26.2 Å². The topological polar surface area (TPSA) is 81.2 Å². The number of hydrogen-bond acceptors (Lipinski definition) is 5. The second-order valence-electron chi connectivity index (χ2n) is 11.5. The minimum absolute atomic E-state index is 0.00113. The van der Waals surface area contributed by atoms with Crippen LogP contribution in [0.2, 0.25) is 0 Å². The molecule has 1 aromatic carbocycles. The summed E-state index contributed by atoms with van der Waals surface area (Å²) in [6, 6.07) is 8.59. The van der Waals surface area contributed by atoms with Crippen LogP contribution in [0.15, 0.2) is 55.6 Å². The second kappa shape index (κ2) is 12.9. The molecule has 7 nitrogen and oxygen atoms in total. The monoisotopic (exact) mass is 567 g/mol. The largest absolute Gasteiger partial charge is 0.394 e. The zero-order valence-electron chi connectivity index (χ0n) is 24.2. The molecule has 1 aromatic rings. The van der Waals surface area contributed by atoms with Gasteiger partial charge in [-0.15, -0.1) is 24.9 Å². The van der Waals surface area contributed by atoms with Crippen LogP contribution in [0, 0.1) is 17.8 Å². The maximum atomic E-state index is 14.6. The molecule has 1 spiro atoms. The Balaban J connectivity index is 1.78. The molecule has 3 saturated heterocycles. The Labute approximate surface area is 243 Å². The average Bonchev–Trinajstić information content (AvgIpc) is 3.60. The van der Waals surface area contributed by atoms with Crippen molar-refractivity contribution in [3.63, 3.8) is 0 Å². The highest BCUT2D eigenvalue weighted by Crippen LogP contribution is 2.67. The molecule has 0 aromatic heterocycles. The van der Waals surface area contributed by atoms with E-state index in [9.17, 15) is 19.5 Å². The molecule has 8 heteroatoms. The second-order valence-corrected chi connectivity index (χ2v) is 13.1. The third kappa shape index (κ3) is 5.25. The number of carbonyl (C=O) groups excluding carboxylic acids is 3. The van der Waals surface area contributed by atoms with Crippen LogP contribution in [0.3, 0.4) is 0 Å². The number of hydrogen-bond donors (Lipinski definition) is 1. The van der Waals surface area contributed by atoms with Gasteiger partial charge in [0.25, 0.3) is 0 Å². The van der Waals surface area contributed by atoms with Crippen molar-refractivity contribution >= 4 is 29.5 Å². The number of amides is 3. The molecule has 2 unspecified atom stereocenters. The minimum atomic E-state index is -0.744. The number of nitrogens with zero attached hydrogens (tertiary/aromatic N) is 3. The number of benzene rings is 1. The van der Waals surface area contributed by atoms with Crippen molar-refractivity contribution in [1.29, 1.82) is 0 Å². The van der Waals surface area contributed by atoms with E-state index in [1.165, 1.54) is 0 Å². The molecule has 3 aliphatic heterocycles. The molecule has 3 fully saturated rings. The number of thioether (sulfide) groups is 1. The van der Waals surface area contributed by atoms with Crippen LogP contribution < -0.4 is 0 Å². The van der Waals surface area contributed by atoms with Gasteiger partial charge in [0.05, 0.1) is 29.2 Å². The van der Waals surface area contributed by atoms with Gasteiger partial charge in [-0.1, -0.05) is 69.7 Å². The predicted molar refractivity (Wildman–Crippen MR) is 160 cm³/mol. The lowest BCUT2D eigenvalue weighted by molar-refractivity contribution is -0.148. The molecule has 7 atom stereocenters. The lowest BCUT2D eigenvalue weighted by Gasteiger charge is -2.41. The molecule has 0 radical (unpaired) electrons. The van der Waals surface area contributed by atoms with E-state index in [4.69, 9.17) is 0 Å². The Hall–Kier alpha value is -2.58. The van der Waals surface area contributed by atoms with Gasteiger partial charge in [-0.25, -0.2) is 0 Å². The molecule has 2 bridgehead atoms. The van der Waals surface area contributed by atoms with Crippen LogP contribution >= 0.6 is 11.8 Å². The highest BCUT2D eigenvalue weighted by atomic mass is 32.2. The van der Waals surface area contributed by atoms with E-state index in [2.05, 4.69) is 13.2 Å². The lowest BCUT2D eigenvalue weighted by Crippen LogP contribution is -2.58. The Kier molecular flexibility index (Phi) is 9.83. The van der Waals surface area contributed by atoms with Gasteiger partial charge in [0.2, 0.25) is 17.7 Å². The summed E-state index contributed by atoms with van der Waals surface area (Å²) in [5.41, 5.74) is 0.999. The number of aliphatic hydroxyl groups is 1. The van der Waals surface area contributed by atoms with E-state index in [0.717, 1.165) is 24.8 Å². The zero-order valence-corrected chi connectivity index (χ0v) is 25.0. The van der Waals surface area contributed by atoms with Crippen molar-refractivity contribution in [2.24, 2.45) is 17.8 Å². The van der Waals surface area contributed by atoms with Gasteiger partial charge in [-0.3, -0.25) is 14.4 Å². The molecule has 3 heterocycles. The summed E-state index contributed by atoms with van der Waals surface area (Å²) in [6.45, 7) is 15.4. The van der Waals surface area contributed by atoms with Gasteiger partial charge in [0, 0.05) is 31.4 Å². The molecule has 0 saturated carbocycles. The SMILES string of the molecule is C=CCN(Cc1ccccc1)C(=O)C1N([C@@H](CO)[C@@H](C)CC)C(=O)[C@@H]2[C@@H](C(=O)N(CC=C)CCC)[C@H]3CCC12S3. The molecule has 0 aliphatic carbocycles. The normalized spacial score (nSPS) is 28.2. The molecular weight excluding hydrogens is 522 g/mol. The van der Waals surface area contributed by atoms with E-state index < -0.39 is 28.7 Å². The number of rotatable bonds is 14. The van der Waals surface area contributed by atoms with Crippen LogP contribution in [0.1, 0.15) is 52.0 Å². The minimum Gasteiger partial charge on any atom is -0.394 e. The van der Waals surface area contributed by atoms with Crippen molar-refractivity contribution in [2.45, 2.75) is 75.1 Å². The molecule has 40 heavy (non-hydrogen) atoms. The van der Waals surface area contributed by atoms with Crippen LogP contribution in [-0.2, 0) is 20.9 Å². The van der Waals surface area contributed by atoms with Gasteiger partial charge in [-0.2, -0.15) is 0 Å². The molecule has 3 amide bonds. The van der Waals surface area contributed by atoms with Crippen molar-refractivity contribution in [3.8, 4) is 0 Å². The standard InChI is InChI=1S/C32H45N3O4S/c1-6-17-33(18-7-2)29(37)26-25-15-16-32(40-25)27(26)30(38)35(24(21-36)22(5)9-4)28(32)31(39)34(19-8-3)20-23-13-11-10-12-14-23/h6,8,10-14,22,24-28,36H,1,3,7,9,15-21H2,2,4-5H3/t22-,24-,25+,26-,27-,28?,32?/m0/s1. The smallest absolute Gasteiger partial charge is 0.247 e. The van der Waals surface area contributed by atoms with Gasteiger partial charge in [-0.05, 0) is 30.7 Å². The van der Waals surface area contributed by atoms with Crippen molar-refractivity contribution in [1.82, 2.24) is 14.7 Å². The molecular formula is C32H45N3O4S. The highest BCUT2D eigenvalue weighted by molar-refractivity contribution is 8.02. The molecule has 3 aliphatic rings. The maximum Gasteiger partial charge on any atom is 0.247 e. The number of fused-ring (bicyclic) bond motifs is 1. The number of likely N-dealkylation sites (tertiary alicyclic amines) is 1. The predicted octanol–water partition coefficient (Wildman–Crippen LogP) is 4.12. The van der Waals surface area contributed by atoms with E-state index in [-0.39, 0.29) is 35.5 Å². The fourth-order valence-electron chi connectivity index (χ4n) is 7.12. The summed E-state index contributed by atoms with van der Waals surface area (Å²) < 4.78 is -0.692.